The number of hydrogen-bond donors (Lipinski definition) is 2. The van der Waals surface area contributed by atoms with Crippen molar-refractivity contribution in [2.75, 3.05) is 13.2 Å². The minimum atomic E-state index is -0.853. The summed E-state index contributed by atoms with van der Waals surface area (Å²) < 4.78 is 5.50. The van der Waals surface area contributed by atoms with E-state index in [0.717, 1.165) is 28.7 Å². The quantitative estimate of drug-likeness (QED) is 0.776. The standard InChI is InChI=1S/C24H24N2O5/c1-13(22(27)26-11-14-10-20(26)21(14)23(28)29)25-24(30)31-12-19-17-8-4-2-6-15(17)16-7-3-5-9-18(16)19/h2-9,13-14,19-21H,10-12H2,1H3,(H,25,30)(H,28,29)/t13-,14?,20?,21?/m0/s1. The highest BCUT2D eigenvalue weighted by molar-refractivity contribution is 5.87. The molecule has 3 unspecified atom stereocenters. The molecule has 4 atom stereocenters. The molecular formula is C24H24N2O5. The molecule has 2 heterocycles. The summed E-state index contributed by atoms with van der Waals surface area (Å²) in [4.78, 5) is 38.1. The van der Waals surface area contributed by atoms with Crippen molar-refractivity contribution in [3.63, 3.8) is 0 Å². The van der Waals surface area contributed by atoms with Crippen molar-refractivity contribution in [3.8, 4) is 11.1 Å². The van der Waals surface area contributed by atoms with E-state index >= 15 is 0 Å². The van der Waals surface area contributed by atoms with Gasteiger partial charge in [0.05, 0.1) is 5.92 Å². The molecule has 2 aliphatic heterocycles. The second-order valence-electron chi connectivity index (χ2n) is 8.61. The maximum Gasteiger partial charge on any atom is 0.407 e. The lowest BCUT2D eigenvalue weighted by molar-refractivity contribution is -0.148. The molecule has 7 heteroatoms. The first-order valence-electron chi connectivity index (χ1n) is 10.6. The SMILES string of the molecule is C[C@H](NC(=O)OCC1c2ccccc2-c2ccccc21)C(=O)N1CC2CC1C2C(=O)O. The van der Waals surface area contributed by atoms with Crippen molar-refractivity contribution >= 4 is 18.0 Å². The molecular weight excluding hydrogens is 396 g/mol. The van der Waals surface area contributed by atoms with Gasteiger partial charge < -0.3 is 20.1 Å². The highest BCUT2D eigenvalue weighted by Crippen LogP contribution is 2.47. The average molecular weight is 420 g/mol. The normalized spacial score (nSPS) is 24.0. The Balaban J connectivity index is 1.20. The molecule has 0 aromatic heterocycles. The summed E-state index contributed by atoms with van der Waals surface area (Å²) in [6, 6.07) is 15.1. The lowest BCUT2D eigenvalue weighted by Crippen LogP contribution is -2.50. The summed E-state index contributed by atoms with van der Waals surface area (Å²) >= 11 is 0. The largest absolute Gasteiger partial charge is 0.481 e. The Hall–Kier alpha value is -3.35. The van der Waals surface area contributed by atoms with Crippen molar-refractivity contribution in [2.45, 2.75) is 31.3 Å². The summed E-state index contributed by atoms with van der Waals surface area (Å²) in [7, 11) is 0. The van der Waals surface area contributed by atoms with Gasteiger partial charge in [0.15, 0.2) is 0 Å². The van der Waals surface area contributed by atoms with Gasteiger partial charge >= 0.3 is 12.1 Å². The Morgan fingerprint density at radius 1 is 1.10 bits per heavy atom. The van der Waals surface area contributed by atoms with Crippen LogP contribution in [0.15, 0.2) is 48.5 Å². The van der Waals surface area contributed by atoms with Crippen molar-refractivity contribution in [1.29, 1.82) is 0 Å². The molecule has 0 radical (unpaired) electrons. The Morgan fingerprint density at radius 2 is 1.71 bits per heavy atom. The third-order valence-electron chi connectivity index (χ3n) is 6.91. The van der Waals surface area contributed by atoms with E-state index in [-0.39, 0.29) is 30.4 Å². The van der Waals surface area contributed by atoms with E-state index in [2.05, 4.69) is 17.4 Å². The minimum Gasteiger partial charge on any atom is -0.481 e. The van der Waals surface area contributed by atoms with Crippen LogP contribution in [-0.4, -0.2) is 53.2 Å². The fourth-order valence-electron chi connectivity index (χ4n) is 5.37. The molecule has 2 aliphatic carbocycles. The first-order chi connectivity index (χ1) is 15.0. The molecule has 160 valence electrons. The number of nitrogens with zero attached hydrogens (tertiary/aromatic N) is 1. The minimum absolute atomic E-state index is 0.0214. The van der Waals surface area contributed by atoms with Gasteiger partial charge in [-0.1, -0.05) is 48.5 Å². The molecule has 31 heavy (non-hydrogen) atoms. The molecule has 7 nitrogen and oxygen atoms in total. The van der Waals surface area contributed by atoms with Crippen LogP contribution in [0.25, 0.3) is 11.1 Å². The van der Waals surface area contributed by atoms with Crippen LogP contribution in [0.4, 0.5) is 4.79 Å². The van der Waals surface area contributed by atoms with Gasteiger partial charge in [0.1, 0.15) is 12.6 Å². The molecule has 3 fully saturated rings. The van der Waals surface area contributed by atoms with Crippen LogP contribution in [0.1, 0.15) is 30.4 Å². The molecule has 6 rings (SSSR count). The molecule has 2 bridgehead atoms. The van der Waals surface area contributed by atoms with Gasteiger partial charge in [0, 0.05) is 18.5 Å². The van der Waals surface area contributed by atoms with E-state index in [4.69, 9.17) is 4.74 Å². The zero-order chi connectivity index (χ0) is 21.7. The van der Waals surface area contributed by atoms with Gasteiger partial charge in [0.2, 0.25) is 5.91 Å². The smallest absolute Gasteiger partial charge is 0.407 e. The number of rotatable bonds is 5. The number of benzene rings is 2. The van der Waals surface area contributed by atoms with Gasteiger partial charge in [-0.05, 0) is 41.5 Å². The van der Waals surface area contributed by atoms with Crippen molar-refractivity contribution in [3.05, 3.63) is 59.7 Å². The zero-order valence-electron chi connectivity index (χ0n) is 17.2. The van der Waals surface area contributed by atoms with E-state index < -0.39 is 24.0 Å². The summed E-state index contributed by atoms with van der Waals surface area (Å²) in [5, 5.41) is 11.9. The summed E-state index contributed by atoms with van der Waals surface area (Å²) in [6.45, 7) is 2.22. The summed E-state index contributed by atoms with van der Waals surface area (Å²) in [5.41, 5.74) is 4.54. The van der Waals surface area contributed by atoms with Gasteiger partial charge in [-0.25, -0.2) is 4.79 Å². The second-order valence-corrected chi connectivity index (χ2v) is 8.61. The van der Waals surface area contributed by atoms with Gasteiger partial charge in [-0.3, -0.25) is 9.59 Å². The number of carboxylic acid groups (broad SMARTS) is 1. The monoisotopic (exact) mass is 420 g/mol. The number of alkyl carbamates (subject to hydrolysis) is 1. The van der Waals surface area contributed by atoms with Crippen LogP contribution in [0, 0.1) is 11.8 Å². The van der Waals surface area contributed by atoms with Crippen LogP contribution in [0.2, 0.25) is 0 Å². The Kier molecular flexibility index (Phi) is 4.68. The maximum absolute atomic E-state index is 12.7. The highest BCUT2D eigenvalue weighted by Gasteiger charge is 2.57. The number of carbonyl (C=O) groups excluding carboxylic acids is 2. The van der Waals surface area contributed by atoms with Crippen molar-refractivity contribution < 1.29 is 24.2 Å². The van der Waals surface area contributed by atoms with Crippen molar-refractivity contribution in [1.82, 2.24) is 10.2 Å². The summed E-state index contributed by atoms with van der Waals surface area (Å²) in [6.07, 6.45) is 0.0736. The molecule has 2 amide bonds. The third-order valence-corrected chi connectivity index (χ3v) is 6.91. The number of nitrogens with one attached hydrogen (secondary N) is 1. The Morgan fingerprint density at radius 3 is 2.29 bits per heavy atom. The molecule has 2 aromatic rings. The first kappa shape index (κ1) is 19.6. The maximum atomic E-state index is 12.7. The first-order valence-corrected chi connectivity index (χ1v) is 10.6. The number of fused-ring (bicyclic) bond motifs is 4. The fourth-order valence-corrected chi connectivity index (χ4v) is 5.37. The van der Waals surface area contributed by atoms with Crippen LogP contribution in [0.3, 0.4) is 0 Å². The number of hydrogen-bond acceptors (Lipinski definition) is 4. The molecule has 2 aromatic carbocycles. The molecule has 4 aliphatic rings. The number of aliphatic carboxylic acids is 1. The van der Waals surface area contributed by atoms with E-state index in [1.165, 1.54) is 0 Å². The van der Waals surface area contributed by atoms with E-state index in [0.29, 0.717) is 6.54 Å². The predicted octanol–water partition coefficient (Wildman–Crippen LogP) is 2.85. The lowest BCUT2D eigenvalue weighted by atomic mass is 9.74. The highest BCUT2D eigenvalue weighted by atomic mass is 16.5. The third kappa shape index (κ3) is 3.15. The van der Waals surface area contributed by atoms with Gasteiger partial charge in [0.25, 0.3) is 0 Å². The Labute approximate surface area is 180 Å². The predicted molar refractivity (Wildman–Crippen MR) is 112 cm³/mol. The molecule has 0 spiro atoms. The van der Waals surface area contributed by atoms with Crippen LogP contribution in [0.5, 0.6) is 0 Å². The lowest BCUT2D eigenvalue weighted by Gasteiger charge is -2.33. The molecule has 2 saturated heterocycles. The molecule has 2 N–H and O–H groups in total. The van der Waals surface area contributed by atoms with Gasteiger partial charge in [-0.2, -0.15) is 0 Å². The topological polar surface area (TPSA) is 95.9 Å². The zero-order valence-corrected chi connectivity index (χ0v) is 17.2. The number of carbonyl (C=O) groups is 3. The molecule has 1 saturated carbocycles. The number of carboxylic acids is 1. The number of amides is 2. The van der Waals surface area contributed by atoms with E-state index in [1.807, 2.05) is 36.4 Å². The van der Waals surface area contributed by atoms with Crippen LogP contribution >= 0.6 is 0 Å². The van der Waals surface area contributed by atoms with Crippen LogP contribution < -0.4 is 5.32 Å². The summed E-state index contributed by atoms with van der Waals surface area (Å²) in [5.74, 6) is -1.62. The van der Waals surface area contributed by atoms with E-state index in [9.17, 15) is 19.5 Å². The van der Waals surface area contributed by atoms with Crippen molar-refractivity contribution in [2.24, 2.45) is 11.8 Å². The van der Waals surface area contributed by atoms with Gasteiger partial charge in [-0.15, -0.1) is 0 Å². The Bertz CT molecular complexity index is 1020. The number of ether oxygens (including phenoxy) is 1. The second kappa shape index (κ2) is 7.41. The average Bonchev–Trinajstić information content (AvgIpc) is 3.42. The van der Waals surface area contributed by atoms with Crippen LogP contribution in [-0.2, 0) is 14.3 Å². The fraction of sp³-hybridized carbons (Fsp3) is 0.375. The van der Waals surface area contributed by atoms with E-state index in [1.54, 1.807) is 11.8 Å².